The molecule has 356 valence electrons. The summed E-state index contributed by atoms with van der Waals surface area (Å²) in [6.07, 6.45) is 9.85. The Kier molecular flexibility index (Phi) is 21.2. The minimum atomic E-state index is -1.56. The molecule has 13 nitrogen and oxygen atoms in total. The van der Waals surface area contributed by atoms with E-state index in [0.717, 1.165) is 48.0 Å². The number of benzene rings is 3. The van der Waals surface area contributed by atoms with Crippen molar-refractivity contribution in [3.05, 3.63) is 102 Å². The van der Waals surface area contributed by atoms with E-state index in [9.17, 15) is 28.8 Å². The quantitative estimate of drug-likeness (QED) is 0.0246. The number of methoxy groups -OCH3 is 2. The van der Waals surface area contributed by atoms with E-state index in [2.05, 4.69) is 78.1 Å². The van der Waals surface area contributed by atoms with Crippen LogP contribution in [0.4, 0.5) is 0 Å². The Morgan fingerprint density at radius 1 is 0.591 bits per heavy atom. The third kappa shape index (κ3) is 17.0. The maximum absolute atomic E-state index is 12.7. The van der Waals surface area contributed by atoms with Gasteiger partial charge in [0.2, 0.25) is 0 Å². The maximum Gasteiger partial charge on any atom is 0.333 e. The molecule has 1 saturated carbocycles. The predicted octanol–water partition coefficient (Wildman–Crippen LogP) is 9.62. The number of hydrogen-bond acceptors (Lipinski definition) is 13. The maximum atomic E-state index is 12.7. The van der Waals surface area contributed by atoms with Crippen LogP contribution in [0.5, 0.6) is 5.75 Å². The van der Waals surface area contributed by atoms with Crippen LogP contribution in [0.3, 0.4) is 0 Å². The summed E-state index contributed by atoms with van der Waals surface area (Å²) in [5, 5.41) is 0. The molecular weight excluding hydrogens is 845 g/mol. The summed E-state index contributed by atoms with van der Waals surface area (Å²) < 4.78 is 37.4. The second kappa shape index (κ2) is 26.7. The number of carbonyl (C=O) groups excluding carboxylic acids is 6. The summed E-state index contributed by atoms with van der Waals surface area (Å²) in [6, 6.07) is 22.9. The van der Waals surface area contributed by atoms with Crippen LogP contribution in [-0.2, 0) is 63.6 Å². The Morgan fingerprint density at radius 3 is 1.62 bits per heavy atom. The van der Waals surface area contributed by atoms with Crippen LogP contribution < -0.4 is 4.74 Å². The molecule has 0 N–H and O–H groups in total. The summed E-state index contributed by atoms with van der Waals surface area (Å²) in [5.41, 5.74) is 5.00. The Bertz CT molecular complexity index is 2090. The smallest absolute Gasteiger partial charge is 0.333 e. The van der Waals surface area contributed by atoms with Gasteiger partial charge in [-0.15, -0.1) is 0 Å². The highest BCUT2D eigenvalue weighted by molar-refractivity contribution is 5.92. The average molecular weight is 911 g/mol. The van der Waals surface area contributed by atoms with Gasteiger partial charge in [0, 0.05) is 11.1 Å². The van der Waals surface area contributed by atoms with E-state index in [1.807, 2.05) is 12.1 Å². The first-order chi connectivity index (χ1) is 31.6. The molecule has 0 unspecified atom stereocenters. The fraction of sp³-hybridized carbons (Fsp3) is 0.472. The highest BCUT2D eigenvalue weighted by Crippen LogP contribution is 2.39. The first-order valence-corrected chi connectivity index (χ1v) is 22.7. The van der Waals surface area contributed by atoms with E-state index in [1.165, 1.54) is 63.9 Å². The van der Waals surface area contributed by atoms with E-state index < -0.39 is 73.9 Å². The summed E-state index contributed by atoms with van der Waals surface area (Å²) in [5.74, 6) is -3.01. The van der Waals surface area contributed by atoms with Gasteiger partial charge in [0.1, 0.15) is 50.4 Å². The van der Waals surface area contributed by atoms with Gasteiger partial charge in [-0.05, 0) is 110 Å². The first-order valence-electron chi connectivity index (χ1n) is 22.7. The molecule has 0 aromatic heterocycles. The molecule has 3 aromatic carbocycles. The molecule has 0 aliphatic heterocycles. The zero-order valence-electron chi connectivity index (χ0n) is 39.2. The molecular formula is C53H66O13. The normalized spacial score (nSPS) is 14.6. The molecule has 1 fully saturated rings. The van der Waals surface area contributed by atoms with Gasteiger partial charge in [0.05, 0.1) is 20.8 Å². The van der Waals surface area contributed by atoms with E-state index in [0.29, 0.717) is 24.5 Å². The van der Waals surface area contributed by atoms with Crippen molar-refractivity contribution in [2.45, 2.75) is 104 Å². The largest absolute Gasteiger partial charge is 0.492 e. The number of ether oxygens (including phenoxy) is 7. The molecule has 0 atom stereocenters. The third-order valence-corrected chi connectivity index (χ3v) is 11.7. The van der Waals surface area contributed by atoms with Crippen LogP contribution in [0.1, 0.15) is 108 Å². The molecule has 1 aliphatic rings. The molecule has 1 aliphatic carbocycles. The van der Waals surface area contributed by atoms with E-state index in [1.54, 1.807) is 13.0 Å². The summed E-state index contributed by atoms with van der Waals surface area (Å²) >= 11 is 0. The number of esters is 6. The third-order valence-electron chi connectivity index (χ3n) is 11.7. The Morgan fingerprint density at radius 2 is 1.09 bits per heavy atom. The van der Waals surface area contributed by atoms with Crippen molar-refractivity contribution in [3.8, 4) is 28.0 Å². The van der Waals surface area contributed by atoms with Crippen LogP contribution in [0, 0.1) is 11.3 Å². The molecule has 0 bridgehead atoms. The number of carbonyl (C=O) groups is 6. The molecule has 3 aromatic rings. The van der Waals surface area contributed by atoms with Gasteiger partial charge in [-0.1, -0.05) is 100 Å². The lowest BCUT2D eigenvalue weighted by Crippen LogP contribution is -2.44. The van der Waals surface area contributed by atoms with Crippen LogP contribution >= 0.6 is 0 Å². The summed E-state index contributed by atoms with van der Waals surface area (Å²) in [6.45, 7) is 10.7. The molecule has 13 heteroatoms. The summed E-state index contributed by atoms with van der Waals surface area (Å²) in [4.78, 5) is 73.9. The topological polar surface area (TPSA) is 167 Å². The minimum absolute atomic E-state index is 0.0759. The number of hydrogen-bond donors (Lipinski definition) is 0. The van der Waals surface area contributed by atoms with Gasteiger partial charge in [-0.25, -0.2) is 9.59 Å². The standard InChI is InChI=1S/C53H66O13/c1-8-9-10-12-38-14-16-39(17-15-38)40-18-20-41(21-19-40)42-22-24-43(25-23-42)44-26-27-46(45(29-44)13-11-28-62-51(58)36(2)3)63-32-53(35-66-52(59)37(4)5,33-64-49(56)30-47(54)60-6)34-65-50(57)31-48(55)61-7/h18-27,29,38-39H,2,4,8-17,28,30-35H2,1,3,5-7H3. The van der Waals surface area contributed by atoms with Gasteiger partial charge in [0.15, 0.2) is 0 Å². The molecule has 4 rings (SSSR count). The molecule has 0 heterocycles. The van der Waals surface area contributed by atoms with Crippen LogP contribution in [-0.4, -0.2) is 83.1 Å². The first kappa shape index (κ1) is 52.4. The fourth-order valence-corrected chi connectivity index (χ4v) is 7.69. The second-order valence-electron chi connectivity index (χ2n) is 17.2. The van der Waals surface area contributed by atoms with Gasteiger partial charge >= 0.3 is 35.8 Å². The van der Waals surface area contributed by atoms with Crippen molar-refractivity contribution in [2.75, 3.05) is 47.3 Å². The zero-order valence-corrected chi connectivity index (χ0v) is 39.2. The highest BCUT2D eigenvalue weighted by atomic mass is 16.6. The molecule has 0 radical (unpaired) electrons. The van der Waals surface area contributed by atoms with E-state index in [4.69, 9.17) is 23.7 Å². The van der Waals surface area contributed by atoms with Crippen molar-refractivity contribution >= 4 is 35.8 Å². The SMILES string of the molecule is C=C(C)C(=O)OCCCc1cc(-c2ccc(-c3ccc(C4CCC(CCCCC)CC4)cc3)cc2)ccc1OCC(COC(=O)CC(=O)OC)(COC(=O)CC(=O)OC)COC(=O)C(=C)C. The summed E-state index contributed by atoms with van der Waals surface area (Å²) in [7, 11) is 2.24. The fourth-order valence-electron chi connectivity index (χ4n) is 7.69. The number of aryl methyl sites for hydroxylation is 1. The van der Waals surface area contributed by atoms with Crippen molar-refractivity contribution in [3.63, 3.8) is 0 Å². The Balaban J connectivity index is 1.59. The second-order valence-corrected chi connectivity index (χ2v) is 17.2. The van der Waals surface area contributed by atoms with Gasteiger partial charge in [-0.3, -0.25) is 19.2 Å². The lowest BCUT2D eigenvalue weighted by atomic mass is 9.77. The molecule has 66 heavy (non-hydrogen) atoms. The zero-order chi connectivity index (χ0) is 48.1. The van der Waals surface area contributed by atoms with E-state index in [-0.39, 0.29) is 24.4 Å². The van der Waals surface area contributed by atoms with Gasteiger partial charge in [0.25, 0.3) is 0 Å². The van der Waals surface area contributed by atoms with Crippen LogP contribution in [0.15, 0.2) is 91.0 Å². The Labute approximate surface area is 389 Å². The Hall–Kier alpha value is -6.24. The van der Waals surface area contributed by atoms with Crippen molar-refractivity contribution in [1.29, 1.82) is 0 Å². The molecule has 0 amide bonds. The van der Waals surface area contributed by atoms with Gasteiger partial charge < -0.3 is 33.2 Å². The number of unbranched alkanes of at least 4 members (excludes halogenated alkanes) is 2. The highest BCUT2D eigenvalue weighted by Gasteiger charge is 2.38. The van der Waals surface area contributed by atoms with E-state index >= 15 is 0 Å². The van der Waals surface area contributed by atoms with Crippen LogP contribution in [0.25, 0.3) is 22.3 Å². The molecule has 0 saturated heterocycles. The molecule has 0 spiro atoms. The predicted molar refractivity (Wildman–Crippen MR) is 249 cm³/mol. The number of rotatable bonds is 26. The lowest BCUT2D eigenvalue weighted by molar-refractivity contribution is -0.165. The van der Waals surface area contributed by atoms with Crippen molar-refractivity contribution < 1.29 is 61.9 Å². The van der Waals surface area contributed by atoms with Gasteiger partial charge in [-0.2, -0.15) is 0 Å². The van der Waals surface area contributed by atoms with Crippen molar-refractivity contribution in [2.24, 2.45) is 11.3 Å². The van der Waals surface area contributed by atoms with Crippen molar-refractivity contribution in [1.82, 2.24) is 0 Å². The lowest BCUT2D eigenvalue weighted by Gasteiger charge is -2.32. The minimum Gasteiger partial charge on any atom is -0.492 e. The average Bonchev–Trinajstić information content (AvgIpc) is 3.32. The van der Waals surface area contributed by atoms with Crippen LogP contribution in [0.2, 0.25) is 0 Å². The monoisotopic (exact) mass is 910 g/mol.